The largest absolute Gasteiger partial charge is 0.485 e. The lowest BCUT2D eigenvalue weighted by atomic mass is 10.2. The van der Waals surface area contributed by atoms with Gasteiger partial charge in [0.15, 0.2) is 0 Å². The zero-order valence-electron chi connectivity index (χ0n) is 11.5. The lowest BCUT2D eigenvalue weighted by Gasteiger charge is -2.16. The number of benzene rings is 1. The zero-order valence-corrected chi connectivity index (χ0v) is 12.3. The van der Waals surface area contributed by atoms with Crippen LogP contribution in [-0.2, 0) is 19.6 Å². The molecule has 2 heterocycles. The van der Waals surface area contributed by atoms with Gasteiger partial charge in [-0.3, -0.25) is 4.79 Å². The van der Waals surface area contributed by atoms with E-state index >= 15 is 0 Å². The number of nitrogens with one attached hydrogen (secondary N) is 1. The van der Waals surface area contributed by atoms with Crippen molar-refractivity contribution in [1.29, 1.82) is 0 Å². The number of rotatable bonds is 2. The Morgan fingerprint density at radius 2 is 2.19 bits per heavy atom. The summed E-state index contributed by atoms with van der Waals surface area (Å²) in [7, 11) is -2.19. The number of para-hydroxylation sites is 1. The second-order valence-corrected chi connectivity index (χ2v) is 6.74. The molecule has 0 radical (unpaired) electrons. The van der Waals surface area contributed by atoms with E-state index < -0.39 is 22.2 Å². The first kappa shape index (κ1) is 14.3. The molecule has 0 saturated carbocycles. The number of methoxy groups -OCH3 is 1. The van der Waals surface area contributed by atoms with Crippen LogP contribution < -0.4 is 9.46 Å². The first-order chi connectivity index (χ1) is 10.0. The third-order valence-corrected chi connectivity index (χ3v) is 5.14. The number of ether oxygens (including phenoxy) is 2. The van der Waals surface area contributed by atoms with Crippen LogP contribution in [0.5, 0.6) is 5.75 Å². The number of carbonyl (C=O) groups excluding carboxylic acids is 1. The molecular formula is C13H16N2O5S. The lowest BCUT2D eigenvalue weighted by Crippen LogP contribution is -2.43. The molecule has 3 rings (SSSR count). The highest BCUT2D eigenvalue weighted by Gasteiger charge is 2.42. The number of likely N-dealkylation sites (tertiary alicyclic amines) is 1. The van der Waals surface area contributed by atoms with Crippen molar-refractivity contribution in [2.24, 2.45) is 0 Å². The minimum atomic E-state index is -3.64. The van der Waals surface area contributed by atoms with Gasteiger partial charge in [-0.25, -0.2) is 13.1 Å². The molecule has 2 aliphatic heterocycles. The SMILES string of the molecule is COCC(=O)N1C[C@@H]2Oc3ccccc3S(=O)(=O)N[C@@H]2C1. The maximum atomic E-state index is 12.3. The van der Waals surface area contributed by atoms with Crippen molar-refractivity contribution in [3.63, 3.8) is 0 Å². The Kier molecular flexibility index (Phi) is 3.60. The molecule has 1 amide bonds. The van der Waals surface area contributed by atoms with Gasteiger partial charge in [-0.15, -0.1) is 0 Å². The molecule has 0 aromatic heterocycles. The van der Waals surface area contributed by atoms with Crippen molar-refractivity contribution >= 4 is 15.9 Å². The summed E-state index contributed by atoms with van der Waals surface area (Å²) in [6.07, 6.45) is -0.399. The van der Waals surface area contributed by atoms with Crippen LogP contribution in [0.1, 0.15) is 0 Å². The fraction of sp³-hybridized carbons (Fsp3) is 0.462. The first-order valence-electron chi connectivity index (χ1n) is 6.56. The van der Waals surface area contributed by atoms with E-state index in [4.69, 9.17) is 9.47 Å². The third-order valence-electron chi connectivity index (χ3n) is 3.61. The molecule has 0 spiro atoms. The zero-order chi connectivity index (χ0) is 15.0. The molecule has 1 N–H and O–H groups in total. The molecule has 0 aliphatic carbocycles. The molecule has 7 nitrogen and oxygen atoms in total. The molecule has 21 heavy (non-hydrogen) atoms. The van der Waals surface area contributed by atoms with Gasteiger partial charge >= 0.3 is 0 Å². The standard InChI is InChI=1S/C13H16N2O5S/c1-19-8-13(16)15-6-9-11(7-15)20-10-4-2-3-5-12(10)21(17,18)14-9/h2-5,9,11,14H,6-8H2,1H3/t9-,11+/m1/s1. The fourth-order valence-corrected chi connectivity index (χ4v) is 4.01. The monoisotopic (exact) mass is 312 g/mol. The van der Waals surface area contributed by atoms with Crippen LogP contribution in [0, 0.1) is 0 Å². The minimum Gasteiger partial charge on any atom is -0.485 e. The van der Waals surface area contributed by atoms with E-state index in [1.807, 2.05) is 0 Å². The summed E-state index contributed by atoms with van der Waals surface area (Å²) in [5.41, 5.74) is 0. The molecule has 8 heteroatoms. The van der Waals surface area contributed by atoms with Crippen LogP contribution in [0.4, 0.5) is 0 Å². The summed E-state index contributed by atoms with van der Waals surface area (Å²) in [6, 6.07) is 6.04. The van der Waals surface area contributed by atoms with E-state index in [-0.39, 0.29) is 24.0 Å². The Bertz CT molecular complexity index is 660. The number of hydrogen-bond donors (Lipinski definition) is 1. The maximum Gasteiger partial charge on any atom is 0.248 e. The minimum absolute atomic E-state index is 0.0250. The molecule has 0 unspecified atom stereocenters. The fourth-order valence-electron chi connectivity index (χ4n) is 2.62. The molecule has 0 bridgehead atoms. The molecule has 114 valence electrons. The average Bonchev–Trinajstić information content (AvgIpc) is 2.77. The topological polar surface area (TPSA) is 84.9 Å². The summed E-state index contributed by atoms with van der Waals surface area (Å²) in [5.74, 6) is 0.139. The molecular weight excluding hydrogens is 296 g/mol. The van der Waals surface area contributed by atoms with Gasteiger partial charge in [0.1, 0.15) is 23.4 Å². The van der Waals surface area contributed by atoms with Crippen LogP contribution in [0.25, 0.3) is 0 Å². The number of hydrogen-bond acceptors (Lipinski definition) is 5. The predicted molar refractivity (Wildman–Crippen MR) is 73.4 cm³/mol. The van der Waals surface area contributed by atoms with E-state index in [1.54, 1.807) is 23.1 Å². The highest BCUT2D eigenvalue weighted by molar-refractivity contribution is 7.89. The maximum absolute atomic E-state index is 12.3. The van der Waals surface area contributed by atoms with E-state index in [1.165, 1.54) is 13.2 Å². The van der Waals surface area contributed by atoms with Gasteiger partial charge in [-0.05, 0) is 12.1 Å². The van der Waals surface area contributed by atoms with Gasteiger partial charge in [-0.2, -0.15) is 0 Å². The molecule has 1 saturated heterocycles. The highest BCUT2D eigenvalue weighted by atomic mass is 32.2. The van der Waals surface area contributed by atoms with Gasteiger partial charge in [0.05, 0.1) is 12.6 Å². The van der Waals surface area contributed by atoms with Gasteiger partial charge in [0.2, 0.25) is 15.9 Å². The van der Waals surface area contributed by atoms with E-state index in [0.717, 1.165) is 0 Å². The second-order valence-electron chi connectivity index (χ2n) is 5.06. The van der Waals surface area contributed by atoms with Crippen molar-refractivity contribution in [2.75, 3.05) is 26.8 Å². The van der Waals surface area contributed by atoms with Crippen LogP contribution in [0.3, 0.4) is 0 Å². The summed E-state index contributed by atoms with van der Waals surface area (Å²) in [4.78, 5) is 13.5. The summed E-state index contributed by atoms with van der Waals surface area (Å²) in [5, 5.41) is 0. The van der Waals surface area contributed by atoms with Crippen molar-refractivity contribution < 1.29 is 22.7 Å². The number of fused-ring (bicyclic) bond motifs is 2. The Hall–Kier alpha value is -1.64. The number of nitrogens with zero attached hydrogens (tertiary/aromatic N) is 1. The molecule has 2 atom stereocenters. The Balaban J connectivity index is 1.88. The summed E-state index contributed by atoms with van der Waals surface area (Å²) >= 11 is 0. The number of carbonyl (C=O) groups is 1. The van der Waals surface area contributed by atoms with E-state index in [2.05, 4.69) is 4.72 Å². The summed E-state index contributed by atoms with van der Waals surface area (Å²) < 4.78 is 37.9. The van der Waals surface area contributed by atoms with Gasteiger partial charge in [0.25, 0.3) is 0 Å². The Morgan fingerprint density at radius 1 is 1.43 bits per heavy atom. The number of sulfonamides is 1. The van der Waals surface area contributed by atoms with Crippen LogP contribution in [0.15, 0.2) is 29.2 Å². The average molecular weight is 312 g/mol. The van der Waals surface area contributed by atoms with Crippen LogP contribution in [-0.4, -0.2) is 58.2 Å². The Morgan fingerprint density at radius 3 is 2.95 bits per heavy atom. The molecule has 1 aromatic rings. The summed E-state index contributed by atoms with van der Waals surface area (Å²) in [6.45, 7) is 0.590. The molecule has 1 aromatic carbocycles. The molecule has 2 aliphatic rings. The van der Waals surface area contributed by atoms with Gasteiger partial charge in [-0.1, -0.05) is 12.1 Å². The van der Waals surface area contributed by atoms with Gasteiger partial charge in [0, 0.05) is 13.7 Å². The van der Waals surface area contributed by atoms with Gasteiger partial charge < -0.3 is 14.4 Å². The lowest BCUT2D eigenvalue weighted by molar-refractivity contribution is -0.134. The van der Waals surface area contributed by atoms with E-state index in [9.17, 15) is 13.2 Å². The van der Waals surface area contributed by atoms with Crippen LogP contribution >= 0.6 is 0 Å². The van der Waals surface area contributed by atoms with Crippen molar-refractivity contribution in [3.8, 4) is 5.75 Å². The van der Waals surface area contributed by atoms with Crippen molar-refractivity contribution in [1.82, 2.24) is 9.62 Å². The van der Waals surface area contributed by atoms with E-state index in [0.29, 0.717) is 12.3 Å². The van der Waals surface area contributed by atoms with Crippen molar-refractivity contribution in [3.05, 3.63) is 24.3 Å². The number of amides is 1. The van der Waals surface area contributed by atoms with Crippen molar-refractivity contribution in [2.45, 2.75) is 17.0 Å². The normalized spacial score (nSPS) is 26.4. The quantitative estimate of drug-likeness (QED) is 0.802. The second kappa shape index (κ2) is 5.28. The molecule has 1 fully saturated rings. The smallest absolute Gasteiger partial charge is 0.248 e. The van der Waals surface area contributed by atoms with Crippen LogP contribution in [0.2, 0.25) is 0 Å². The highest BCUT2D eigenvalue weighted by Crippen LogP contribution is 2.30. The Labute approximate surface area is 122 Å². The first-order valence-corrected chi connectivity index (χ1v) is 8.04. The third kappa shape index (κ3) is 2.61. The predicted octanol–water partition coefficient (Wildman–Crippen LogP) is -0.417.